The molecule has 1 unspecified atom stereocenters. The molecule has 1 amide bonds. The molecule has 4 aromatic rings. The molecule has 2 aromatic heterocycles. The molecule has 5 rings (SSSR count). The number of anilines is 1. The number of nitro benzene ring substituents is 1. The number of hydrogen-bond donors (Lipinski definition) is 1. The molecule has 1 saturated heterocycles. The zero-order chi connectivity index (χ0) is 33.9. The van der Waals surface area contributed by atoms with Crippen molar-refractivity contribution >= 4 is 25.9 Å². The van der Waals surface area contributed by atoms with E-state index in [2.05, 4.69) is 20.6 Å². The van der Waals surface area contributed by atoms with Crippen LogP contribution in [0.4, 0.5) is 25.1 Å². The Morgan fingerprint density at radius 1 is 1.11 bits per heavy atom. The lowest BCUT2D eigenvalue weighted by Crippen LogP contribution is -2.47. The van der Waals surface area contributed by atoms with E-state index in [1.807, 2.05) is 30.3 Å². The quantitative estimate of drug-likeness (QED) is 0.125. The normalized spacial score (nSPS) is 19.0. The lowest BCUT2D eigenvalue weighted by Gasteiger charge is -2.30. The maximum atomic E-state index is 16.0. The van der Waals surface area contributed by atoms with E-state index < -0.39 is 49.4 Å². The summed E-state index contributed by atoms with van der Waals surface area (Å²) in [6.07, 6.45) is -2.82. The van der Waals surface area contributed by atoms with Gasteiger partial charge in [-0.2, -0.15) is 13.8 Å². The van der Waals surface area contributed by atoms with E-state index in [1.54, 1.807) is 26.6 Å². The van der Waals surface area contributed by atoms with Gasteiger partial charge in [0.25, 0.3) is 5.69 Å². The molecule has 1 aliphatic heterocycles. The van der Waals surface area contributed by atoms with Crippen LogP contribution in [0.1, 0.15) is 30.7 Å². The molecule has 2 aromatic carbocycles. The van der Waals surface area contributed by atoms with Gasteiger partial charge in [0.2, 0.25) is 6.23 Å². The van der Waals surface area contributed by atoms with Gasteiger partial charge in [0.1, 0.15) is 18.4 Å². The van der Waals surface area contributed by atoms with Crippen LogP contribution in [0.3, 0.4) is 0 Å². The first-order chi connectivity index (χ1) is 22.2. The van der Waals surface area contributed by atoms with Gasteiger partial charge in [-0.05, 0) is 49.3 Å². The third-order valence-electron chi connectivity index (χ3n) is 7.18. The molecule has 1 aliphatic rings. The van der Waals surface area contributed by atoms with Crippen LogP contribution in [0.15, 0.2) is 71.8 Å². The molecule has 0 radical (unpaired) electrons. The Balaban J connectivity index is 1.47. The third-order valence-corrected chi connectivity index (χ3v) is 8.14. The number of benzene rings is 2. The number of ether oxygens (including phenoxy) is 2. The second-order valence-corrected chi connectivity index (χ2v) is 16.3. The minimum Gasteiger partial charge on any atom is -0.444 e. The van der Waals surface area contributed by atoms with Gasteiger partial charge in [-0.3, -0.25) is 20.0 Å². The monoisotopic (exact) mass is 669 g/mol. The number of alkyl halides is 2. The summed E-state index contributed by atoms with van der Waals surface area (Å²) in [6.45, 7) is 7.12. The topological polar surface area (TPSA) is 166 Å². The van der Waals surface area contributed by atoms with E-state index in [9.17, 15) is 19.7 Å². The Morgan fingerprint density at radius 2 is 1.81 bits per heavy atom. The second-order valence-electron chi connectivity index (χ2n) is 11.9. The smallest absolute Gasteiger partial charge is 0.413 e. The Labute approximate surface area is 268 Å². The summed E-state index contributed by atoms with van der Waals surface area (Å²) in [5.41, 5.74) is 0.240. The first-order valence-corrected chi connectivity index (χ1v) is 18.1. The van der Waals surface area contributed by atoms with Crippen LogP contribution in [0.2, 0.25) is 19.6 Å². The lowest BCUT2D eigenvalue weighted by atomic mass is 10.1. The van der Waals surface area contributed by atoms with Gasteiger partial charge in [0.15, 0.2) is 14.1 Å². The van der Waals surface area contributed by atoms with Crippen molar-refractivity contribution < 1.29 is 32.4 Å². The van der Waals surface area contributed by atoms with Crippen LogP contribution in [-0.4, -0.2) is 62.0 Å². The Morgan fingerprint density at radius 3 is 2.45 bits per heavy atom. The van der Waals surface area contributed by atoms with Gasteiger partial charge in [0.05, 0.1) is 29.3 Å². The number of non-ortho nitro benzene ring substituents is 1. The van der Waals surface area contributed by atoms with Crippen molar-refractivity contribution in [3.05, 3.63) is 98.7 Å². The predicted molar refractivity (Wildman–Crippen MR) is 167 cm³/mol. The van der Waals surface area contributed by atoms with Crippen molar-refractivity contribution in [1.29, 1.82) is 0 Å². The lowest BCUT2D eigenvalue weighted by molar-refractivity contribution is -0.384. The summed E-state index contributed by atoms with van der Waals surface area (Å²) in [5, 5.41) is 21.6. The van der Waals surface area contributed by atoms with Gasteiger partial charge < -0.3 is 13.9 Å². The third kappa shape index (κ3) is 7.75. The minimum atomic E-state index is -3.60. The largest absolute Gasteiger partial charge is 0.444 e. The van der Waals surface area contributed by atoms with Crippen LogP contribution >= 0.6 is 0 Å². The molecule has 14 nitrogen and oxygen atoms in total. The number of nitro groups is 1. The summed E-state index contributed by atoms with van der Waals surface area (Å²) >= 11 is 0. The van der Waals surface area contributed by atoms with Gasteiger partial charge in [0, 0.05) is 18.3 Å². The molecular formula is C30H33F2N7O7Si. The molecule has 3 atom stereocenters. The van der Waals surface area contributed by atoms with Gasteiger partial charge in [-0.25, -0.2) is 14.3 Å². The van der Waals surface area contributed by atoms with Crippen LogP contribution in [-0.2, 0) is 27.1 Å². The molecule has 3 heterocycles. The van der Waals surface area contributed by atoms with E-state index in [0.717, 1.165) is 11.8 Å². The van der Waals surface area contributed by atoms with Crippen molar-refractivity contribution in [2.45, 2.75) is 70.5 Å². The Hall–Kier alpha value is -4.87. The highest BCUT2D eigenvalue weighted by Crippen LogP contribution is 2.46. The summed E-state index contributed by atoms with van der Waals surface area (Å²) in [6, 6.07) is 14.7. The summed E-state index contributed by atoms with van der Waals surface area (Å²) in [5.74, 6) is -3.91. The number of amides is 1. The first-order valence-electron chi connectivity index (χ1n) is 14.7. The predicted octanol–water partition coefficient (Wildman–Crippen LogP) is 5.37. The molecule has 0 aliphatic carbocycles. The number of carbonyl (C=O) groups is 1. The number of rotatable bonds is 11. The summed E-state index contributed by atoms with van der Waals surface area (Å²) in [7, 11) is -2.45. The molecule has 1 N–H and O–H groups in total. The Bertz CT molecular complexity index is 1800. The van der Waals surface area contributed by atoms with Gasteiger partial charge >= 0.3 is 17.7 Å². The van der Waals surface area contributed by atoms with Crippen LogP contribution in [0.5, 0.6) is 0 Å². The van der Waals surface area contributed by atoms with E-state index >= 15 is 8.78 Å². The summed E-state index contributed by atoms with van der Waals surface area (Å²) in [4.78, 5) is 40.4. The highest BCUT2D eigenvalue weighted by atomic mass is 28.4. The maximum Gasteiger partial charge on any atom is 0.413 e. The maximum absolute atomic E-state index is 16.0. The standard InChI is InChI=1S/C30H33F2N7O7Si/c1-5-24-25(46-47(2,3)4)30(31,32)27(45-24)38-16-22(23-17-37(36-35-23)15-19-9-7-6-8-10-19)26(33-28(38)40)34-29(41)44-18-20-11-13-21(14-12-20)39(42)43/h6-14,16-17,24-25,27H,5,15,18H2,1-4H3,(H,33,34,40,41)/t24-,25?,27-/m1/s1. The van der Waals surface area contributed by atoms with Crippen molar-refractivity contribution in [1.82, 2.24) is 24.5 Å². The fourth-order valence-electron chi connectivity index (χ4n) is 5.00. The molecule has 0 spiro atoms. The molecule has 47 heavy (non-hydrogen) atoms. The highest BCUT2D eigenvalue weighted by molar-refractivity contribution is 6.69. The fourth-order valence-corrected chi connectivity index (χ4v) is 6.07. The number of halogens is 2. The van der Waals surface area contributed by atoms with E-state index in [-0.39, 0.29) is 35.8 Å². The van der Waals surface area contributed by atoms with Gasteiger partial charge in [-0.15, -0.1) is 5.10 Å². The first kappa shape index (κ1) is 33.5. The van der Waals surface area contributed by atoms with Crippen LogP contribution in [0.25, 0.3) is 11.3 Å². The van der Waals surface area contributed by atoms with Gasteiger partial charge in [-0.1, -0.05) is 42.5 Å². The van der Waals surface area contributed by atoms with E-state index in [4.69, 9.17) is 13.9 Å². The number of nitrogens with one attached hydrogen (secondary N) is 1. The molecular weight excluding hydrogens is 636 g/mol. The van der Waals surface area contributed by atoms with Crippen LogP contribution in [0, 0.1) is 10.1 Å². The molecule has 248 valence electrons. The average molecular weight is 670 g/mol. The highest BCUT2D eigenvalue weighted by Gasteiger charge is 2.61. The van der Waals surface area contributed by atoms with Crippen molar-refractivity contribution in [3.8, 4) is 11.3 Å². The number of hydrogen-bond acceptors (Lipinski definition) is 10. The fraction of sp³-hybridized carbons (Fsp3) is 0.367. The minimum absolute atomic E-state index is 0.00166. The average Bonchev–Trinajstić information content (AvgIpc) is 3.57. The number of aromatic nitrogens is 5. The van der Waals surface area contributed by atoms with E-state index in [0.29, 0.717) is 16.7 Å². The van der Waals surface area contributed by atoms with Crippen molar-refractivity contribution in [3.63, 3.8) is 0 Å². The summed E-state index contributed by atoms with van der Waals surface area (Å²) < 4.78 is 50.9. The SMILES string of the molecule is CC[C@H]1O[C@@H](n2cc(-c3cn(Cc4ccccc4)nn3)c(NC(=O)OCc3ccc([N+](=O)[O-])cc3)nc2=O)C(F)(F)C1O[Si](C)(C)C. The zero-order valence-electron chi connectivity index (χ0n) is 26.0. The van der Waals surface area contributed by atoms with Crippen molar-refractivity contribution in [2.75, 3.05) is 5.32 Å². The second kappa shape index (κ2) is 13.5. The van der Waals surface area contributed by atoms with E-state index in [1.165, 1.54) is 35.1 Å². The zero-order valence-corrected chi connectivity index (χ0v) is 27.0. The molecule has 17 heteroatoms. The molecule has 0 saturated carbocycles. The van der Waals surface area contributed by atoms with Crippen molar-refractivity contribution in [2.24, 2.45) is 0 Å². The molecule has 1 fully saturated rings. The molecule has 0 bridgehead atoms. The van der Waals surface area contributed by atoms with Crippen LogP contribution < -0.4 is 11.0 Å². The number of carbonyl (C=O) groups excluding carboxylic acids is 1. The number of nitrogens with zero attached hydrogens (tertiary/aromatic N) is 6. The Kier molecular flexibility index (Phi) is 9.59.